The zero-order valence-corrected chi connectivity index (χ0v) is 12.7. The van der Waals surface area contributed by atoms with Crippen LogP contribution in [0.4, 0.5) is 13.2 Å². The lowest BCUT2D eigenvalue weighted by molar-refractivity contribution is -0.137. The van der Waals surface area contributed by atoms with Crippen LogP contribution in [0.25, 0.3) is 5.95 Å². The minimum Gasteiger partial charge on any atom is -0.476 e. The number of rotatable bonds is 4. The monoisotopic (exact) mass is 352 g/mol. The second-order valence-corrected chi connectivity index (χ2v) is 6.70. The normalized spacial score (nSPS) is 12.6. The standard InChI is InChI=1S/C11H11F3N4O4S/c1-3-23(21,22)8-7(9(19)20)16-10(17(8)2)18-5-6(4-15-18)11(12,13)14/h4-5H,3H2,1-2H3,(H,19,20). The number of aromatic carboxylic acids is 1. The van der Waals surface area contributed by atoms with Gasteiger partial charge in [0.2, 0.25) is 5.95 Å². The molecule has 0 bridgehead atoms. The largest absolute Gasteiger partial charge is 0.476 e. The number of nitrogens with zero attached hydrogens (tertiary/aromatic N) is 4. The second kappa shape index (κ2) is 5.37. The Hall–Kier alpha value is -2.37. The van der Waals surface area contributed by atoms with Gasteiger partial charge in [0.05, 0.1) is 17.5 Å². The first-order valence-corrected chi connectivity index (χ1v) is 7.79. The topological polar surface area (TPSA) is 107 Å². The van der Waals surface area contributed by atoms with Crippen LogP contribution in [0, 0.1) is 0 Å². The van der Waals surface area contributed by atoms with Gasteiger partial charge in [0, 0.05) is 13.2 Å². The molecule has 0 aliphatic heterocycles. The van der Waals surface area contributed by atoms with Crippen molar-refractivity contribution < 1.29 is 31.5 Å². The Morgan fingerprint density at radius 3 is 2.43 bits per heavy atom. The van der Waals surface area contributed by atoms with Crippen LogP contribution in [0.2, 0.25) is 0 Å². The van der Waals surface area contributed by atoms with E-state index in [0.29, 0.717) is 17.1 Å². The highest BCUT2D eigenvalue weighted by Gasteiger charge is 2.34. The van der Waals surface area contributed by atoms with Gasteiger partial charge in [-0.1, -0.05) is 6.92 Å². The van der Waals surface area contributed by atoms with Crippen LogP contribution >= 0.6 is 0 Å². The average Bonchev–Trinajstić information content (AvgIpc) is 3.02. The quantitative estimate of drug-likeness (QED) is 0.883. The van der Waals surface area contributed by atoms with Crippen LogP contribution in [0.15, 0.2) is 17.4 Å². The maximum absolute atomic E-state index is 12.6. The van der Waals surface area contributed by atoms with Crippen LogP contribution in [0.3, 0.4) is 0 Å². The van der Waals surface area contributed by atoms with Crippen molar-refractivity contribution in [1.82, 2.24) is 19.3 Å². The molecule has 0 unspecified atom stereocenters. The van der Waals surface area contributed by atoms with Gasteiger partial charge in [-0.2, -0.15) is 18.3 Å². The fourth-order valence-electron chi connectivity index (χ4n) is 1.89. The van der Waals surface area contributed by atoms with Crippen molar-refractivity contribution in [3.63, 3.8) is 0 Å². The summed E-state index contributed by atoms with van der Waals surface area (Å²) >= 11 is 0. The molecule has 0 saturated heterocycles. The molecule has 8 nitrogen and oxygen atoms in total. The van der Waals surface area contributed by atoms with Crippen molar-refractivity contribution in [2.75, 3.05) is 5.75 Å². The average molecular weight is 352 g/mol. The first kappa shape index (κ1) is 17.0. The number of carbonyl (C=O) groups is 1. The maximum atomic E-state index is 12.6. The van der Waals surface area contributed by atoms with Gasteiger partial charge in [0.15, 0.2) is 20.6 Å². The first-order chi connectivity index (χ1) is 10.5. The van der Waals surface area contributed by atoms with E-state index in [1.54, 1.807) is 0 Å². The predicted octanol–water partition coefficient (Wildman–Crippen LogP) is 1.12. The number of halogens is 3. The third kappa shape index (κ3) is 2.93. The van der Waals surface area contributed by atoms with Gasteiger partial charge in [0.25, 0.3) is 0 Å². The van der Waals surface area contributed by atoms with Gasteiger partial charge in [-0.3, -0.25) is 0 Å². The van der Waals surface area contributed by atoms with E-state index in [4.69, 9.17) is 5.11 Å². The molecule has 2 aromatic rings. The molecule has 0 aromatic carbocycles. The highest BCUT2D eigenvalue weighted by atomic mass is 32.2. The Kier molecular flexibility index (Phi) is 3.96. The molecule has 0 aliphatic rings. The summed E-state index contributed by atoms with van der Waals surface area (Å²) in [4.78, 5) is 14.8. The fraction of sp³-hybridized carbons (Fsp3) is 0.364. The smallest absolute Gasteiger partial charge is 0.419 e. The van der Waals surface area contributed by atoms with Crippen molar-refractivity contribution in [1.29, 1.82) is 0 Å². The van der Waals surface area contributed by atoms with E-state index in [9.17, 15) is 26.4 Å². The van der Waals surface area contributed by atoms with E-state index < -0.39 is 38.3 Å². The summed E-state index contributed by atoms with van der Waals surface area (Å²) < 4.78 is 63.4. The summed E-state index contributed by atoms with van der Waals surface area (Å²) in [6, 6.07) is 0. The third-order valence-electron chi connectivity index (χ3n) is 3.01. The molecule has 126 valence electrons. The number of carboxylic acids is 1. The van der Waals surface area contributed by atoms with Gasteiger partial charge in [-0.15, -0.1) is 0 Å². The number of imidazole rings is 1. The summed E-state index contributed by atoms with van der Waals surface area (Å²) in [6.45, 7) is 1.31. The van der Waals surface area contributed by atoms with Crippen LogP contribution in [-0.2, 0) is 23.1 Å². The van der Waals surface area contributed by atoms with Gasteiger partial charge < -0.3 is 9.67 Å². The van der Waals surface area contributed by atoms with E-state index in [2.05, 4.69) is 10.1 Å². The summed E-state index contributed by atoms with van der Waals surface area (Å²) in [5, 5.41) is 12.0. The Morgan fingerprint density at radius 2 is 2.00 bits per heavy atom. The number of aromatic nitrogens is 4. The molecule has 0 saturated carbocycles. The third-order valence-corrected chi connectivity index (χ3v) is 4.83. The minimum atomic E-state index is -4.64. The van der Waals surface area contributed by atoms with Crippen LogP contribution in [-0.4, -0.2) is 44.6 Å². The summed E-state index contributed by atoms with van der Waals surface area (Å²) in [6.07, 6.45) is -3.52. The molecular formula is C11H11F3N4O4S. The van der Waals surface area contributed by atoms with Gasteiger partial charge in [-0.25, -0.2) is 22.9 Å². The summed E-state index contributed by atoms with van der Waals surface area (Å²) in [7, 11) is -2.77. The molecule has 0 radical (unpaired) electrons. The van der Waals surface area contributed by atoms with E-state index in [-0.39, 0.29) is 11.7 Å². The van der Waals surface area contributed by atoms with Crippen molar-refractivity contribution in [2.24, 2.45) is 7.05 Å². The minimum absolute atomic E-state index is 0.357. The van der Waals surface area contributed by atoms with Gasteiger partial charge in [-0.05, 0) is 0 Å². The molecule has 0 amide bonds. The Labute approximate surface area is 128 Å². The highest BCUT2D eigenvalue weighted by molar-refractivity contribution is 7.91. The molecule has 0 atom stereocenters. The predicted molar refractivity (Wildman–Crippen MR) is 70.0 cm³/mol. The van der Waals surface area contributed by atoms with Crippen molar-refractivity contribution in [3.05, 3.63) is 23.7 Å². The molecule has 23 heavy (non-hydrogen) atoms. The SMILES string of the molecule is CCS(=O)(=O)c1c(C(=O)O)nc(-n2cc(C(F)(F)F)cn2)n1C. The van der Waals surface area contributed by atoms with E-state index in [1.807, 2.05) is 0 Å². The lowest BCUT2D eigenvalue weighted by Crippen LogP contribution is -2.14. The zero-order valence-electron chi connectivity index (χ0n) is 11.9. The van der Waals surface area contributed by atoms with E-state index in [0.717, 1.165) is 4.57 Å². The Bertz CT molecular complexity index is 866. The van der Waals surface area contributed by atoms with Crippen molar-refractivity contribution in [3.8, 4) is 5.95 Å². The molecule has 2 heterocycles. The van der Waals surface area contributed by atoms with Crippen molar-refractivity contribution >= 4 is 15.8 Å². The Morgan fingerprint density at radius 1 is 1.39 bits per heavy atom. The molecule has 0 aliphatic carbocycles. The first-order valence-electron chi connectivity index (χ1n) is 6.14. The number of hydrogen-bond acceptors (Lipinski definition) is 5. The highest BCUT2D eigenvalue weighted by Crippen LogP contribution is 2.29. The van der Waals surface area contributed by atoms with E-state index in [1.165, 1.54) is 14.0 Å². The zero-order chi connectivity index (χ0) is 17.6. The van der Waals surface area contributed by atoms with Gasteiger partial charge in [0.1, 0.15) is 0 Å². The van der Waals surface area contributed by atoms with Crippen LogP contribution in [0.5, 0.6) is 0 Å². The molecule has 0 spiro atoms. The maximum Gasteiger partial charge on any atom is 0.419 e. The van der Waals surface area contributed by atoms with Crippen LogP contribution in [0.1, 0.15) is 23.0 Å². The summed E-state index contributed by atoms with van der Waals surface area (Å²) in [5.74, 6) is -2.36. The number of sulfone groups is 1. The van der Waals surface area contributed by atoms with E-state index >= 15 is 0 Å². The second-order valence-electron chi connectivity index (χ2n) is 4.50. The van der Waals surface area contributed by atoms with Crippen molar-refractivity contribution in [2.45, 2.75) is 18.1 Å². The molecule has 12 heteroatoms. The number of alkyl halides is 3. The molecule has 2 aromatic heterocycles. The summed E-state index contributed by atoms with van der Waals surface area (Å²) in [5.41, 5.74) is -1.84. The van der Waals surface area contributed by atoms with Crippen LogP contribution < -0.4 is 0 Å². The fourth-order valence-corrected chi connectivity index (χ4v) is 3.09. The lowest BCUT2D eigenvalue weighted by Gasteiger charge is -2.06. The number of hydrogen-bond donors (Lipinski definition) is 1. The molecular weight excluding hydrogens is 341 g/mol. The molecule has 1 N–H and O–H groups in total. The number of carboxylic acid groups (broad SMARTS) is 1. The molecule has 0 fully saturated rings. The Balaban J connectivity index is 2.69. The molecule has 2 rings (SSSR count). The lowest BCUT2D eigenvalue weighted by atomic mass is 10.4. The van der Waals surface area contributed by atoms with Gasteiger partial charge >= 0.3 is 12.1 Å².